The van der Waals surface area contributed by atoms with Crippen molar-refractivity contribution in [1.29, 1.82) is 0 Å². The molecule has 4 rings (SSSR count). The molecule has 0 radical (unpaired) electrons. The lowest BCUT2D eigenvalue weighted by Gasteiger charge is -2.33. The summed E-state index contributed by atoms with van der Waals surface area (Å²) in [7, 11) is -7.58. The van der Waals surface area contributed by atoms with E-state index in [9.17, 15) is 8.42 Å². The average Bonchev–Trinajstić information content (AvgIpc) is 2.66. The Morgan fingerprint density at radius 3 is 2.07 bits per heavy atom. The molecule has 4 N–H and O–H groups in total. The summed E-state index contributed by atoms with van der Waals surface area (Å²) in [5, 5.41) is 6.63. The topological polar surface area (TPSA) is 168 Å². The van der Waals surface area contributed by atoms with E-state index in [4.69, 9.17) is 17.5 Å². The summed E-state index contributed by atoms with van der Waals surface area (Å²) in [6.45, 7) is 9.25. The summed E-state index contributed by atoms with van der Waals surface area (Å²) in [6, 6.07) is 0. The Morgan fingerprint density at radius 1 is 0.933 bits per heavy atom. The van der Waals surface area contributed by atoms with Crippen LogP contribution in [-0.2, 0) is 20.2 Å². The summed E-state index contributed by atoms with van der Waals surface area (Å²) in [5.41, 5.74) is 0. The van der Waals surface area contributed by atoms with Crippen LogP contribution in [0.15, 0.2) is 9.98 Å². The number of rotatable bonds is 0. The Kier molecular flexibility index (Phi) is 11.5. The van der Waals surface area contributed by atoms with Crippen LogP contribution in [0.5, 0.6) is 0 Å². The monoisotopic (exact) mass is 470 g/mol. The molecule has 12 nitrogen and oxygen atoms in total. The quantitative estimate of drug-likeness (QED) is 0.276. The third-order valence-electron chi connectivity index (χ3n) is 4.22. The van der Waals surface area contributed by atoms with E-state index in [1.807, 2.05) is 0 Å². The number of aliphatic imine (C=N–C) groups is 2. The molecule has 0 aromatic rings. The van der Waals surface area contributed by atoms with Crippen molar-refractivity contribution >= 4 is 32.2 Å². The van der Waals surface area contributed by atoms with E-state index in [1.165, 1.54) is 57.8 Å². The molecular weight excluding hydrogens is 436 g/mol. The maximum absolute atomic E-state index is 9.19. The van der Waals surface area contributed by atoms with E-state index >= 15 is 0 Å². The van der Waals surface area contributed by atoms with Gasteiger partial charge in [0.15, 0.2) is 5.96 Å². The molecule has 1 atom stereocenters. The summed E-state index contributed by atoms with van der Waals surface area (Å²) in [6.07, 6.45) is 6.37. The van der Waals surface area contributed by atoms with Crippen LogP contribution >= 0.6 is 0 Å². The Labute approximate surface area is 179 Å². The molecule has 0 aromatic heterocycles. The zero-order chi connectivity index (χ0) is 22.6. The van der Waals surface area contributed by atoms with Gasteiger partial charge < -0.3 is 20.1 Å². The molecule has 0 amide bonds. The fourth-order valence-electron chi connectivity index (χ4n) is 3.15. The van der Waals surface area contributed by atoms with Gasteiger partial charge in [0.2, 0.25) is 0 Å². The molecule has 4 heterocycles. The van der Waals surface area contributed by atoms with Crippen molar-refractivity contribution in [2.24, 2.45) is 9.98 Å². The minimum atomic E-state index is -3.92. The van der Waals surface area contributed by atoms with Crippen LogP contribution in [0.3, 0.4) is 0 Å². The fraction of sp³-hybridized carbons (Fsp3) is 0.875. The lowest BCUT2D eigenvalue weighted by atomic mass is 10.2. The third kappa shape index (κ3) is 14.5. The van der Waals surface area contributed by atoms with E-state index in [-0.39, 0.29) is 0 Å². The predicted molar refractivity (Wildman–Crippen MR) is 114 cm³/mol. The molecule has 30 heavy (non-hydrogen) atoms. The van der Waals surface area contributed by atoms with Crippen molar-refractivity contribution in [3.8, 4) is 0 Å². The van der Waals surface area contributed by atoms with Crippen molar-refractivity contribution in [3.63, 3.8) is 0 Å². The van der Waals surface area contributed by atoms with Gasteiger partial charge in [-0.05, 0) is 12.8 Å². The molecule has 176 valence electrons. The number of quaternary nitrogens is 1. The van der Waals surface area contributed by atoms with Gasteiger partial charge >= 0.3 is 0 Å². The van der Waals surface area contributed by atoms with Crippen LogP contribution < -0.4 is 15.5 Å². The molecule has 0 aliphatic carbocycles. The van der Waals surface area contributed by atoms with Crippen LogP contribution in [0, 0.1) is 0 Å². The van der Waals surface area contributed by atoms with Crippen LogP contribution in [0.25, 0.3) is 0 Å². The normalized spacial score (nSPS) is 22.8. The number of hydrogen-bond acceptors (Lipinski definition) is 10. The van der Waals surface area contributed by atoms with Gasteiger partial charge in [0.1, 0.15) is 0 Å². The predicted octanol–water partition coefficient (Wildman–Crippen LogP) is -2.67. The largest absolute Gasteiger partial charge is 0.748 e. The molecule has 0 aromatic carbocycles. The molecule has 1 unspecified atom stereocenters. The molecule has 4 aliphatic rings. The summed E-state index contributed by atoms with van der Waals surface area (Å²) >= 11 is 0. The van der Waals surface area contributed by atoms with E-state index in [2.05, 4.69) is 25.5 Å². The van der Waals surface area contributed by atoms with Gasteiger partial charge in [-0.15, -0.1) is 0 Å². The molecular formula is C16H34N6O6S2. The Hall–Kier alpha value is -1.48. The van der Waals surface area contributed by atoms with E-state index < -0.39 is 20.2 Å². The average molecular weight is 471 g/mol. The van der Waals surface area contributed by atoms with E-state index in [0.717, 1.165) is 32.1 Å². The summed E-state index contributed by atoms with van der Waals surface area (Å²) in [4.78, 5) is 12.7. The van der Waals surface area contributed by atoms with Crippen molar-refractivity contribution in [2.75, 3.05) is 64.9 Å². The highest BCUT2D eigenvalue weighted by Gasteiger charge is 2.23. The maximum atomic E-state index is 9.19. The lowest BCUT2D eigenvalue weighted by Crippen LogP contribution is -3.18. The van der Waals surface area contributed by atoms with Gasteiger partial charge in [0, 0.05) is 51.8 Å². The summed E-state index contributed by atoms with van der Waals surface area (Å²) in [5.74, 6) is 2.36. The first-order chi connectivity index (χ1) is 13.9. The van der Waals surface area contributed by atoms with Gasteiger partial charge in [-0.3, -0.25) is 14.4 Å². The molecule has 14 heteroatoms. The highest BCUT2D eigenvalue weighted by atomic mass is 32.2. The lowest BCUT2D eigenvalue weighted by molar-refractivity contribution is -0.814. The second-order valence-electron chi connectivity index (χ2n) is 7.23. The number of fused-ring (bicyclic) bond motifs is 2. The Bertz CT molecular complexity index is 702. The fourth-order valence-corrected chi connectivity index (χ4v) is 3.15. The van der Waals surface area contributed by atoms with Crippen LogP contribution in [-0.4, -0.2) is 108 Å². The molecule has 4 aliphatic heterocycles. The molecule has 0 bridgehead atoms. The van der Waals surface area contributed by atoms with E-state index in [0.29, 0.717) is 12.5 Å². The SMILES string of the molecule is C1CN=C2NCCCN2C1.C1CN=C2NCCC[NH+]2C1.CS(=O)(=O)O.CS(=O)(=O)[O-]. The van der Waals surface area contributed by atoms with Gasteiger partial charge in [-0.25, -0.2) is 13.4 Å². The number of guanidine groups is 2. The Morgan fingerprint density at radius 2 is 1.47 bits per heavy atom. The number of nitrogens with one attached hydrogen (secondary N) is 3. The van der Waals surface area contributed by atoms with Gasteiger partial charge in [0.05, 0.1) is 36.0 Å². The van der Waals surface area contributed by atoms with Crippen molar-refractivity contribution < 1.29 is 30.8 Å². The van der Waals surface area contributed by atoms with Crippen LogP contribution in [0.1, 0.15) is 25.7 Å². The standard InChI is InChI=1S/2C7H13N3.2CH4O3S/c2*1-3-8-7-9-4-2-6-10(7)5-1;2*1-5(2,3)4/h2*1-6H2,(H,8,9);2*1H3,(H,2,3,4). The van der Waals surface area contributed by atoms with Gasteiger partial charge in [-0.2, -0.15) is 8.42 Å². The Balaban J connectivity index is 0.000000213. The van der Waals surface area contributed by atoms with E-state index in [1.54, 1.807) is 4.90 Å². The minimum Gasteiger partial charge on any atom is -0.748 e. The molecule has 2 fully saturated rings. The van der Waals surface area contributed by atoms with Gasteiger partial charge in [-0.1, -0.05) is 0 Å². The van der Waals surface area contributed by atoms with Crippen LogP contribution in [0.2, 0.25) is 0 Å². The zero-order valence-electron chi connectivity index (χ0n) is 17.6. The maximum Gasteiger partial charge on any atom is 0.295 e. The smallest absolute Gasteiger partial charge is 0.295 e. The van der Waals surface area contributed by atoms with Crippen molar-refractivity contribution in [3.05, 3.63) is 0 Å². The molecule has 2 saturated heterocycles. The highest BCUT2D eigenvalue weighted by molar-refractivity contribution is 7.85. The van der Waals surface area contributed by atoms with Crippen molar-refractivity contribution in [2.45, 2.75) is 25.7 Å². The first kappa shape index (κ1) is 26.6. The first-order valence-electron chi connectivity index (χ1n) is 9.93. The molecule has 0 saturated carbocycles. The zero-order valence-corrected chi connectivity index (χ0v) is 19.3. The number of nitrogens with zero attached hydrogens (tertiary/aromatic N) is 3. The second kappa shape index (κ2) is 13.0. The number of hydrogen-bond donors (Lipinski definition) is 4. The molecule has 0 spiro atoms. The van der Waals surface area contributed by atoms with Gasteiger partial charge in [0.25, 0.3) is 16.1 Å². The third-order valence-corrected chi connectivity index (χ3v) is 4.22. The second-order valence-corrected chi connectivity index (χ2v) is 10.1. The minimum absolute atomic E-state index is 0.604. The summed E-state index contributed by atoms with van der Waals surface area (Å²) < 4.78 is 53.1. The van der Waals surface area contributed by atoms with Crippen molar-refractivity contribution in [1.82, 2.24) is 15.5 Å². The van der Waals surface area contributed by atoms with Crippen LogP contribution in [0.4, 0.5) is 0 Å². The first-order valence-corrected chi connectivity index (χ1v) is 13.6. The highest BCUT2D eigenvalue weighted by Crippen LogP contribution is 2.05.